The SMILES string of the molecule is CCCNC(c1ccco1)c1cc(OC)ccc1Br. The van der Waals surface area contributed by atoms with Gasteiger partial charge in [-0.05, 0) is 48.9 Å². The van der Waals surface area contributed by atoms with Gasteiger partial charge in [-0.15, -0.1) is 0 Å². The zero-order chi connectivity index (χ0) is 13.7. The van der Waals surface area contributed by atoms with Gasteiger partial charge in [0.15, 0.2) is 0 Å². The molecule has 1 unspecified atom stereocenters. The number of benzene rings is 1. The van der Waals surface area contributed by atoms with Crippen LogP contribution in [0.3, 0.4) is 0 Å². The summed E-state index contributed by atoms with van der Waals surface area (Å²) in [7, 11) is 1.67. The number of furan rings is 1. The molecule has 0 saturated carbocycles. The van der Waals surface area contributed by atoms with Crippen molar-refractivity contribution in [3.05, 3.63) is 52.4 Å². The monoisotopic (exact) mass is 323 g/mol. The Kier molecular flexibility index (Phi) is 5.05. The van der Waals surface area contributed by atoms with Gasteiger partial charge in [-0.1, -0.05) is 22.9 Å². The third-order valence-electron chi connectivity index (χ3n) is 2.94. The average Bonchev–Trinajstić information content (AvgIpc) is 2.95. The van der Waals surface area contributed by atoms with Crippen molar-refractivity contribution < 1.29 is 9.15 Å². The van der Waals surface area contributed by atoms with Crippen LogP contribution in [0.15, 0.2) is 45.5 Å². The normalized spacial score (nSPS) is 12.4. The number of nitrogens with one attached hydrogen (secondary N) is 1. The van der Waals surface area contributed by atoms with Crippen LogP contribution in [0.25, 0.3) is 0 Å². The van der Waals surface area contributed by atoms with Crippen LogP contribution in [0.5, 0.6) is 5.75 Å². The minimum absolute atomic E-state index is 0.0272. The highest BCUT2D eigenvalue weighted by molar-refractivity contribution is 9.10. The van der Waals surface area contributed by atoms with Gasteiger partial charge in [0.2, 0.25) is 0 Å². The largest absolute Gasteiger partial charge is 0.497 e. The molecule has 0 aliphatic carbocycles. The Balaban J connectivity index is 2.37. The van der Waals surface area contributed by atoms with E-state index in [0.717, 1.165) is 34.5 Å². The number of hydrogen-bond acceptors (Lipinski definition) is 3. The summed E-state index contributed by atoms with van der Waals surface area (Å²) in [6.45, 7) is 3.07. The van der Waals surface area contributed by atoms with Crippen molar-refractivity contribution in [2.45, 2.75) is 19.4 Å². The standard InChI is InChI=1S/C15H18BrNO2/c1-3-8-17-15(14-5-4-9-19-14)12-10-11(18-2)6-7-13(12)16/h4-7,9-10,15,17H,3,8H2,1-2H3. The van der Waals surface area contributed by atoms with E-state index in [1.165, 1.54) is 0 Å². The molecule has 102 valence electrons. The van der Waals surface area contributed by atoms with Gasteiger partial charge in [-0.3, -0.25) is 0 Å². The molecule has 1 aromatic carbocycles. The molecule has 3 nitrogen and oxygen atoms in total. The Labute approximate surface area is 122 Å². The predicted octanol–water partition coefficient (Wildman–Crippen LogP) is 4.14. The first kappa shape index (κ1) is 14.2. The lowest BCUT2D eigenvalue weighted by Gasteiger charge is -2.19. The molecule has 0 fully saturated rings. The highest BCUT2D eigenvalue weighted by Crippen LogP contribution is 2.31. The van der Waals surface area contributed by atoms with E-state index in [-0.39, 0.29) is 6.04 Å². The fourth-order valence-electron chi connectivity index (χ4n) is 1.98. The van der Waals surface area contributed by atoms with Crippen LogP contribution in [0.1, 0.15) is 30.7 Å². The Morgan fingerprint density at radius 2 is 2.21 bits per heavy atom. The van der Waals surface area contributed by atoms with Crippen LogP contribution in [0, 0.1) is 0 Å². The molecule has 2 rings (SSSR count). The number of ether oxygens (including phenoxy) is 1. The molecule has 2 aromatic rings. The van der Waals surface area contributed by atoms with E-state index in [1.54, 1.807) is 13.4 Å². The number of halogens is 1. The van der Waals surface area contributed by atoms with Crippen molar-refractivity contribution in [1.29, 1.82) is 0 Å². The van der Waals surface area contributed by atoms with Gasteiger partial charge in [0.1, 0.15) is 11.5 Å². The summed E-state index contributed by atoms with van der Waals surface area (Å²) in [4.78, 5) is 0. The molecule has 0 radical (unpaired) electrons. The summed E-state index contributed by atoms with van der Waals surface area (Å²) in [6, 6.07) is 9.88. The van der Waals surface area contributed by atoms with Crippen LogP contribution in [0.2, 0.25) is 0 Å². The number of methoxy groups -OCH3 is 1. The molecule has 0 aliphatic rings. The molecule has 0 spiro atoms. The van der Waals surface area contributed by atoms with Crippen LogP contribution in [0.4, 0.5) is 0 Å². The lowest BCUT2D eigenvalue weighted by molar-refractivity contribution is 0.411. The second kappa shape index (κ2) is 6.78. The Morgan fingerprint density at radius 1 is 1.37 bits per heavy atom. The smallest absolute Gasteiger partial charge is 0.125 e. The Hall–Kier alpha value is -1.26. The van der Waals surface area contributed by atoms with Gasteiger partial charge in [-0.2, -0.15) is 0 Å². The zero-order valence-corrected chi connectivity index (χ0v) is 12.7. The molecule has 1 atom stereocenters. The maximum atomic E-state index is 5.55. The van der Waals surface area contributed by atoms with E-state index in [0.29, 0.717) is 0 Å². The predicted molar refractivity (Wildman–Crippen MR) is 79.5 cm³/mol. The number of hydrogen-bond donors (Lipinski definition) is 1. The summed E-state index contributed by atoms with van der Waals surface area (Å²) < 4.78 is 11.9. The van der Waals surface area contributed by atoms with Crippen molar-refractivity contribution in [3.63, 3.8) is 0 Å². The van der Waals surface area contributed by atoms with E-state index in [2.05, 4.69) is 28.2 Å². The van der Waals surface area contributed by atoms with Gasteiger partial charge in [-0.25, -0.2) is 0 Å². The first-order chi connectivity index (χ1) is 9.26. The topological polar surface area (TPSA) is 34.4 Å². The maximum Gasteiger partial charge on any atom is 0.125 e. The molecule has 1 aromatic heterocycles. The van der Waals surface area contributed by atoms with Crippen LogP contribution < -0.4 is 10.1 Å². The van der Waals surface area contributed by atoms with Gasteiger partial charge in [0.05, 0.1) is 19.4 Å². The van der Waals surface area contributed by atoms with E-state index in [4.69, 9.17) is 9.15 Å². The van der Waals surface area contributed by atoms with Crippen molar-refractivity contribution in [2.24, 2.45) is 0 Å². The minimum Gasteiger partial charge on any atom is -0.497 e. The fourth-order valence-corrected chi connectivity index (χ4v) is 2.45. The highest BCUT2D eigenvalue weighted by Gasteiger charge is 2.19. The maximum absolute atomic E-state index is 5.55. The molecule has 0 aliphatic heterocycles. The second-order valence-corrected chi connectivity index (χ2v) is 5.14. The van der Waals surface area contributed by atoms with Crippen molar-refractivity contribution >= 4 is 15.9 Å². The second-order valence-electron chi connectivity index (χ2n) is 4.29. The fraction of sp³-hybridized carbons (Fsp3) is 0.333. The first-order valence-corrected chi connectivity index (χ1v) is 7.15. The molecule has 0 amide bonds. The highest BCUT2D eigenvalue weighted by atomic mass is 79.9. The molecule has 1 N–H and O–H groups in total. The van der Waals surface area contributed by atoms with E-state index in [9.17, 15) is 0 Å². The van der Waals surface area contributed by atoms with E-state index < -0.39 is 0 Å². The van der Waals surface area contributed by atoms with Crippen molar-refractivity contribution in [3.8, 4) is 5.75 Å². The van der Waals surface area contributed by atoms with Gasteiger partial charge in [0.25, 0.3) is 0 Å². The van der Waals surface area contributed by atoms with Crippen molar-refractivity contribution in [1.82, 2.24) is 5.32 Å². The molecule has 1 heterocycles. The van der Waals surface area contributed by atoms with Gasteiger partial charge >= 0.3 is 0 Å². The van der Waals surface area contributed by atoms with Crippen LogP contribution >= 0.6 is 15.9 Å². The van der Waals surface area contributed by atoms with Gasteiger partial charge in [0, 0.05) is 4.47 Å². The van der Waals surface area contributed by atoms with E-state index in [1.807, 2.05) is 30.3 Å². The molecular formula is C15H18BrNO2. The van der Waals surface area contributed by atoms with E-state index >= 15 is 0 Å². The molecule has 0 bridgehead atoms. The summed E-state index contributed by atoms with van der Waals surface area (Å²) in [5.41, 5.74) is 1.11. The summed E-state index contributed by atoms with van der Waals surface area (Å²) in [6.07, 6.45) is 2.77. The first-order valence-electron chi connectivity index (χ1n) is 6.36. The quantitative estimate of drug-likeness (QED) is 0.867. The molecular weight excluding hydrogens is 306 g/mol. The third-order valence-corrected chi connectivity index (χ3v) is 3.66. The minimum atomic E-state index is 0.0272. The van der Waals surface area contributed by atoms with Crippen molar-refractivity contribution in [2.75, 3.05) is 13.7 Å². The van der Waals surface area contributed by atoms with Gasteiger partial charge < -0.3 is 14.5 Å². The zero-order valence-electron chi connectivity index (χ0n) is 11.2. The summed E-state index contributed by atoms with van der Waals surface area (Å²) >= 11 is 3.60. The number of rotatable bonds is 6. The van der Waals surface area contributed by atoms with Crippen LogP contribution in [-0.4, -0.2) is 13.7 Å². The molecule has 4 heteroatoms. The average molecular weight is 324 g/mol. The third kappa shape index (κ3) is 3.39. The molecule has 19 heavy (non-hydrogen) atoms. The Morgan fingerprint density at radius 3 is 2.84 bits per heavy atom. The lowest BCUT2D eigenvalue weighted by Crippen LogP contribution is -2.23. The lowest BCUT2D eigenvalue weighted by atomic mass is 10.0. The summed E-state index contributed by atoms with van der Waals surface area (Å²) in [5, 5.41) is 3.50. The van der Waals surface area contributed by atoms with Crippen LogP contribution in [-0.2, 0) is 0 Å². The summed E-state index contributed by atoms with van der Waals surface area (Å²) in [5.74, 6) is 1.75. The molecule has 0 saturated heterocycles. The Bertz CT molecular complexity index is 511.